The number of aliphatic hydroxyl groups is 1. The molecule has 0 aromatic rings. The van der Waals surface area contributed by atoms with Gasteiger partial charge >= 0.3 is 0 Å². The maximum absolute atomic E-state index is 8.30. The number of aliphatic hydroxyl groups excluding tert-OH is 1. The zero-order valence-electron chi connectivity index (χ0n) is 3.81. The van der Waals surface area contributed by atoms with Crippen molar-refractivity contribution in [3.63, 3.8) is 0 Å². The summed E-state index contributed by atoms with van der Waals surface area (Å²) in [5, 5.41) is 16.2. The largest absolute Gasteiger partial charge is 0.507 e. The molecule has 36 valence electrons. The van der Waals surface area contributed by atoms with Crippen molar-refractivity contribution in [2.75, 3.05) is 0 Å². The summed E-state index contributed by atoms with van der Waals surface area (Å²) in [5.41, 5.74) is 0.0139. The van der Waals surface area contributed by atoms with Crippen LogP contribution in [0.3, 0.4) is 0 Å². The standard InChI is InChI=1S/C5H5NO/c1-4(3-6)5(2)7/h7H,1-2H2. The van der Waals surface area contributed by atoms with Crippen molar-refractivity contribution in [1.82, 2.24) is 0 Å². The van der Waals surface area contributed by atoms with Crippen LogP contribution in [0.2, 0.25) is 0 Å². The van der Waals surface area contributed by atoms with Crippen LogP contribution in [0.25, 0.3) is 0 Å². The van der Waals surface area contributed by atoms with Crippen LogP contribution in [-0.2, 0) is 0 Å². The maximum Gasteiger partial charge on any atom is 0.125 e. The molecule has 0 fully saturated rings. The van der Waals surface area contributed by atoms with E-state index in [1.165, 1.54) is 0 Å². The number of allylic oxidation sites excluding steroid dienone is 1. The fourth-order valence-corrected chi connectivity index (χ4v) is 0.0645. The molecule has 0 rings (SSSR count). The first-order valence-electron chi connectivity index (χ1n) is 1.65. The highest BCUT2D eigenvalue weighted by Gasteiger charge is 1.89. The lowest BCUT2D eigenvalue weighted by atomic mass is 10.3. The first-order chi connectivity index (χ1) is 3.18. The molecule has 0 saturated carbocycles. The Kier molecular flexibility index (Phi) is 1.68. The predicted molar refractivity (Wildman–Crippen MR) is 26.5 cm³/mol. The molecule has 0 heterocycles. The average Bonchev–Trinajstić information content (AvgIpc) is 1.65. The van der Waals surface area contributed by atoms with E-state index in [1.54, 1.807) is 6.07 Å². The van der Waals surface area contributed by atoms with E-state index in [0.717, 1.165) is 0 Å². The van der Waals surface area contributed by atoms with Crippen molar-refractivity contribution in [2.24, 2.45) is 0 Å². The Bertz CT molecular complexity index is 141. The molecule has 0 aliphatic heterocycles. The van der Waals surface area contributed by atoms with E-state index >= 15 is 0 Å². The number of hydrogen-bond acceptors (Lipinski definition) is 2. The van der Waals surface area contributed by atoms with Gasteiger partial charge in [0.05, 0.1) is 5.57 Å². The summed E-state index contributed by atoms with van der Waals surface area (Å²) in [5.74, 6) is -0.262. The van der Waals surface area contributed by atoms with E-state index in [1.807, 2.05) is 0 Å². The molecule has 0 unspecified atom stereocenters. The van der Waals surface area contributed by atoms with Gasteiger partial charge in [-0.3, -0.25) is 0 Å². The summed E-state index contributed by atoms with van der Waals surface area (Å²) in [4.78, 5) is 0. The SMILES string of the molecule is C=C(O)C(=C)C#N. The van der Waals surface area contributed by atoms with Gasteiger partial charge in [0, 0.05) is 0 Å². The Morgan fingerprint density at radius 2 is 2.00 bits per heavy atom. The minimum absolute atomic E-state index is 0.0139. The average molecular weight is 95.1 g/mol. The minimum atomic E-state index is -0.262. The van der Waals surface area contributed by atoms with Gasteiger partial charge in [-0.2, -0.15) is 5.26 Å². The molecule has 0 aliphatic rings. The second-order valence-corrected chi connectivity index (χ2v) is 1.04. The Morgan fingerprint density at radius 3 is 2.00 bits per heavy atom. The van der Waals surface area contributed by atoms with Gasteiger partial charge in [0.15, 0.2) is 0 Å². The van der Waals surface area contributed by atoms with Crippen molar-refractivity contribution in [2.45, 2.75) is 0 Å². The van der Waals surface area contributed by atoms with Crippen LogP contribution < -0.4 is 0 Å². The topological polar surface area (TPSA) is 44.0 Å². The third kappa shape index (κ3) is 1.61. The van der Waals surface area contributed by atoms with Gasteiger partial charge in [0.1, 0.15) is 11.8 Å². The minimum Gasteiger partial charge on any atom is -0.507 e. The fraction of sp³-hybridized carbons (Fsp3) is 0. The van der Waals surface area contributed by atoms with Crippen LogP contribution >= 0.6 is 0 Å². The highest BCUT2D eigenvalue weighted by atomic mass is 16.3. The maximum atomic E-state index is 8.30. The Morgan fingerprint density at radius 1 is 1.57 bits per heavy atom. The summed E-state index contributed by atoms with van der Waals surface area (Å²) >= 11 is 0. The number of rotatable bonds is 1. The molecule has 0 aromatic heterocycles. The van der Waals surface area contributed by atoms with E-state index in [4.69, 9.17) is 10.4 Å². The number of hydrogen-bond donors (Lipinski definition) is 1. The summed E-state index contributed by atoms with van der Waals surface area (Å²) in [6, 6.07) is 1.62. The molecule has 0 spiro atoms. The zero-order valence-corrected chi connectivity index (χ0v) is 3.81. The van der Waals surface area contributed by atoms with E-state index in [2.05, 4.69) is 13.2 Å². The Labute approximate surface area is 42.0 Å². The zero-order chi connectivity index (χ0) is 5.86. The molecule has 0 aromatic carbocycles. The Hall–Kier alpha value is -1.23. The summed E-state index contributed by atoms with van der Waals surface area (Å²) < 4.78 is 0. The highest BCUT2D eigenvalue weighted by molar-refractivity contribution is 5.31. The number of nitriles is 1. The van der Waals surface area contributed by atoms with E-state index < -0.39 is 0 Å². The van der Waals surface area contributed by atoms with Crippen LogP contribution in [0.5, 0.6) is 0 Å². The third-order valence-electron chi connectivity index (χ3n) is 0.483. The van der Waals surface area contributed by atoms with Crippen molar-refractivity contribution < 1.29 is 5.11 Å². The van der Waals surface area contributed by atoms with Gasteiger partial charge in [-0.25, -0.2) is 0 Å². The Balaban J connectivity index is 3.90. The molecule has 2 nitrogen and oxygen atoms in total. The van der Waals surface area contributed by atoms with Crippen molar-refractivity contribution >= 4 is 0 Å². The molecule has 0 amide bonds. The lowest BCUT2D eigenvalue weighted by Gasteiger charge is -1.84. The van der Waals surface area contributed by atoms with Crippen molar-refractivity contribution in [3.05, 3.63) is 24.5 Å². The first kappa shape index (κ1) is 5.77. The van der Waals surface area contributed by atoms with Crippen LogP contribution in [0.15, 0.2) is 24.5 Å². The fourth-order valence-electron chi connectivity index (χ4n) is 0.0645. The molecule has 0 aliphatic carbocycles. The van der Waals surface area contributed by atoms with Crippen LogP contribution in [0, 0.1) is 11.3 Å². The molecule has 0 saturated heterocycles. The van der Waals surface area contributed by atoms with Gasteiger partial charge in [-0.05, 0) is 0 Å². The monoisotopic (exact) mass is 95.0 g/mol. The highest BCUT2D eigenvalue weighted by Crippen LogP contribution is 1.95. The summed E-state index contributed by atoms with van der Waals surface area (Å²) in [6.45, 7) is 6.22. The summed E-state index contributed by atoms with van der Waals surface area (Å²) in [7, 11) is 0. The molecule has 0 bridgehead atoms. The van der Waals surface area contributed by atoms with Crippen LogP contribution in [0.4, 0.5) is 0 Å². The van der Waals surface area contributed by atoms with Gasteiger partial charge in [0.25, 0.3) is 0 Å². The van der Waals surface area contributed by atoms with Gasteiger partial charge in [-0.1, -0.05) is 13.2 Å². The molecule has 0 atom stereocenters. The van der Waals surface area contributed by atoms with E-state index in [0.29, 0.717) is 0 Å². The lowest BCUT2D eigenvalue weighted by molar-refractivity contribution is 0.430. The second kappa shape index (κ2) is 2.04. The molecule has 2 heteroatoms. The van der Waals surface area contributed by atoms with Crippen molar-refractivity contribution in [3.8, 4) is 6.07 Å². The molecule has 0 radical (unpaired) electrons. The quantitative estimate of drug-likeness (QED) is 0.301. The van der Waals surface area contributed by atoms with Gasteiger partial charge in [-0.15, -0.1) is 0 Å². The van der Waals surface area contributed by atoms with E-state index in [9.17, 15) is 0 Å². The van der Waals surface area contributed by atoms with Crippen molar-refractivity contribution in [1.29, 1.82) is 5.26 Å². The predicted octanol–water partition coefficient (Wildman–Crippen LogP) is 1.14. The normalized spacial score (nSPS) is 6.71. The van der Waals surface area contributed by atoms with Crippen LogP contribution in [-0.4, -0.2) is 5.11 Å². The van der Waals surface area contributed by atoms with Crippen LogP contribution in [0.1, 0.15) is 0 Å². The summed E-state index contributed by atoms with van der Waals surface area (Å²) in [6.07, 6.45) is 0. The molecule has 1 N–H and O–H groups in total. The molecular weight excluding hydrogens is 90.1 g/mol. The third-order valence-corrected chi connectivity index (χ3v) is 0.483. The smallest absolute Gasteiger partial charge is 0.125 e. The number of nitrogens with zero attached hydrogens (tertiary/aromatic N) is 1. The van der Waals surface area contributed by atoms with E-state index in [-0.39, 0.29) is 11.3 Å². The second-order valence-electron chi connectivity index (χ2n) is 1.04. The molecular formula is C5H5NO. The van der Waals surface area contributed by atoms with Gasteiger partial charge in [0.2, 0.25) is 0 Å². The first-order valence-corrected chi connectivity index (χ1v) is 1.65. The lowest BCUT2D eigenvalue weighted by Crippen LogP contribution is -1.76. The van der Waals surface area contributed by atoms with Gasteiger partial charge < -0.3 is 5.11 Å². The molecule has 7 heavy (non-hydrogen) atoms.